The van der Waals surface area contributed by atoms with Crippen LogP contribution in [0, 0.1) is 5.92 Å². The van der Waals surface area contributed by atoms with Gasteiger partial charge in [0.2, 0.25) is 0 Å². The van der Waals surface area contributed by atoms with E-state index in [9.17, 15) is 0 Å². The maximum atomic E-state index is 3.77. The first-order valence-corrected chi connectivity index (χ1v) is 9.32. The van der Waals surface area contributed by atoms with E-state index in [1.165, 1.54) is 22.1 Å². The van der Waals surface area contributed by atoms with Gasteiger partial charge in [-0.25, -0.2) is 0 Å². The van der Waals surface area contributed by atoms with Crippen LogP contribution in [-0.4, -0.2) is 29.1 Å². The van der Waals surface area contributed by atoms with Gasteiger partial charge >= 0.3 is 0 Å². The number of nitrogens with one attached hydrogen (secondary N) is 1. The molecule has 1 saturated heterocycles. The molecule has 0 radical (unpaired) electrons. The van der Waals surface area contributed by atoms with Crippen molar-refractivity contribution in [2.24, 2.45) is 5.92 Å². The van der Waals surface area contributed by atoms with Gasteiger partial charge in [0.1, 0.15) is 0 Å². The van der Waals surface area contributed by atoms with Crippen LogP contribution in [0.3, 0.4) is 0 Å². The van der Waals surface area contributed by atoms with Gasteiger partial charge in [-0.15, -0.1) is 11.3 Å². The summed E-state index contributed by atoms with van der Waals surface area (Å²) >= 11 is 6.11. The maximum absolute atomic E-state index is 3.77. The second-order valence-electron chi connectivity index (χ2n) is 4.71. The first-order valence-electron chi connectivity index (χ1n) is 6.23. The lowest BCUT2D eigenvalue weighted by Gasteiger charge is -2.26. The first-order chi connectivity index (χ1) is 8.27. The number of hydrogen-bond acceptors (Lipinski definition) is 4. The molecule has 1 aromatic rings. The van der Waals surface area contributed by atoms with Crippen molar-refractivity contribution in [1.29, 1.82) is 0 Å². The summed E-state index contributed by atoms with van der Waals surface area (Å²) in [5, 5.41) is 6.75. The van der Waals surface area contributed by atoms with E-state index in [2.05, 4.69) is 60.2 Å². The zero-order valence-electron chi connectivity index (χ0n) is 10.5. The summed E-state index contributed by atoms with van der Waals surface area (Å²) in [6, 6.07) is 4.94. The Morgan fingerprint density at radius 1 is 1.41 bits per heavy atom. The summed E-state index contributed by atoms with van der Waals surface area (Å²) in [5.41, 5.74) is 0. The minimum atomic E-state index is 0.530. The molecule has 2 unspecified atom stereocenters. The van der Waals surface area contributed by atoms with Gasteiger partial charge in [-0.1, -0.05) is 19.9 Å². The minimum absolute atomic E-state index is 0.530. The van der Waals surface area contributed by atoms with Crippen LogP contribution in [0.4, 0.5) is 0 Å². The third kappa shape index (κ3) is 4.19. The Labute approximate surface area is 117 Å². The van der Waals surface area contributed by atoms with E-state index in [1.807, 2.05) is 11.3 Å². The highest BCUT2D eigenvalue weighted by atomic mass is 32.2. The fraction of sp³-hybridized carbons (Fsp3) is 0.692. The van der Waals surface area contributed by atoms with Crippen LogP contribution >= 0.6 is 34.9 Å². The smallest absolute Gasteiger partial charge is 0.0438 e. The summed E-state index contributed by atoms with van der Waals surface area (Å²) in [4.78, 5) is 1.48. The summed E-state index contributed by atoms with van der Waals surface area (Å²) in [7, 11) is 0. The van der Waals surface area contributed by atoms with Gasteiger partial charge in [-0.3, -0.25) is 0 Å². The molecule has 2 heterocycles. The molecule has 1 aromatic heterocycles. The second-order valence-corrected chi connectivity index (χ2v) is 8.25. The molecule has 2 rings (SSSR count). The van der Waals surface area contributed by atoms with Crippen molar-refractivity contribution < 1.29 is 0 Å². The van der Waals surface area contributed by atoms with E-state index in [0.717, 1.165) is 11.8 Å². The Bertz CT molecular complexity index is 304. The van der Waals surface area contributed by atoms with Crippen molar-refractivity contribution in [3.05, 3.63) is 22.4 Å². The topological polar surface area (TPSA) is 12.0 Å². The van der Waals surface area contributed by atoms with E-state index >= 15 is 0 Å². The summed E-state index contributed by atoms with van der Waals surface area (Å²) in [6.07, 6.45) is 0. The molecule has 4 heteroatoms. The Balaban J connectivity index is 1.85. The van der Waals surface area contributed by atoms with Crippen molar-refractivity contribution in [2.75, 3.05) is 23.8 Å². The molecule has 0 spiro atoms. The fourth-order valence-electron chi connectivity index (χ4n) is 2.05. The third-order valence-electron chi connectivity index (χ3n) is 2.97. The maximum Gasteiger partial charge on any atom is 0.0438 e. The predicted molar refractivity (Wildman–Crippen MR) is 83.5 cm³/mol. The lowest BCUT2D eigenvalue weighted by Crippen LogP contribution is -2.33. The summed E-state index contributed by atoms with van der Waals surface area (Å²) < 4.78 is 0. The Kier molecular flexibility index (Phi) is 5.74. The van der Waals surface area contributed by atoms with Crippen molar-refractivity contribution in [2.45, 2.75) is 25.1 Å². The quantitative estimate of drug-likeness (QED) is 0.882. The van der Waals surface area contributed by atoms with Gasteiger partial charge in [0, 0.05) is 40.0 Å². The molecule has 0 saturated carbocycles. The lowest BCUT2D eigenvalue weighted by molar-refractivity contribution is 0.421. The molecule has 1 fully saturated rings. The average Bonchev–Trinajstić information content (AvgIpc) is 2.84. The molecule has 96 valence electrons. The number of thioether (sulfide) groups is 2. The molecule has 1 N–H and O–H groups in total. The van der Waals surface area contributed by atoms with E-state index in [-0.39, 0.29) is 0 Å². The highest BCUT2D eigenvalue weighted by Gasteiger charge is 2.20. The SMILES string of the molecule is CC(C)C(NCC1CSCCS1)c1cccs1. The van der Waals surface area contributed by atoms with Gasteiger partial charge in [-0.2, -0.15) is 23.5 Å². The molecule has 0 bridgehead atoms. The molecule has 1 aliphatic heterocycles. The monoisotopic (exact) mass is 287 g/mol. The molecule has 1 nitrogen and oxygen atoms in total. The van der Waals surface area contributed by atoms with E-state index in [4.69, 9.17) is 0 Å². The van der Waals surface area contributed by atoms with Crippen molar-refractivity contribution in [3.8, 4) is 0 Å². The molecule has 0 aromatic carbocycles. The minimum Gasteiger partial charge on any atom is -0.308 e. The Morgan fingerprint density at radius 2 is 2.29 bits per heavy atom. The predicted octanol–water partition coefficient (Wildman–Crippen LogP) is 3.88. The van der Waals surface area contributed by atoms with Gasteiger partial charge in [0.15, 0.2) is 0 Å². The van der Waals surface area contributed by atoms with Crippen LogP contribution in [0.2, 0.25) is 0 Å². The standard InChI is InChI=1S/C13H21NS3/c1-10(2)13(12-4-3-5-17-12)14-8-11-9-15-6-7-16-11/h3-5,10-11,13-14H,6-9H2,1-2H3. The van der Waals surface area contributed by atoms with E-state index < -0.39 is 0 Å². The molecule has 1 aliphatic rings. The summed E-state index contributed by atoms with van der Waals surface area (Å²) in [6.45, 7) is 5.76. The van der Waals surface area contributed by atoms with Crippen LogP contribution < -0.4 is 5.32 Å². The van der Waals surface area contributed by atoms with Gasteiger partial charge in [0.25, 0.3) is 0 Å². The highest BCUT2D eigenvalue weighted by Crippen LogP contribution is 2.28. The summed E-state index contributed by atoms with van der Waals surface area (Å²) in [5.74, 6) is 4.63. The average molecular weight is 288 g/mol. The Morgan fingerprint density at radius 3 is 2.88 bits per heavy atom. The zero-order chi connectivity index (χ0) is 12.1. The van der Waals surface area contributed by atoms with Crippen LogP contribution in [0.1, 0.15) is 24.8 Å². The van der Waals surface area contributed by atoms with Crippen molar-refractivity contribution >= 4 is 34.9 Å². The lowest BCUT2D eigenvalue weighted by atomic mass is 10.0. The Hall–Kier alpha value is 0.360. The van der Waals surface area contributed by atoms with Crippen LogP contribution in [-0.2, 0) is 0 Å². The molecule has 2 atom stereocenters. The van der Waals surface area contributed by atoms with Crippen LogP contribution in [0.25, 0.3) is 0 Å². The molecular formula is C13H21NS3. The second kappa shape index (κ2) is 7.07. The van der Waals surface area contributed by atoms with Crippen LogP contribution in [0.15, 0.2) is 17.5 Å². The molecule has 0 aliphatic carbocycles. The van der Waals surface area contributed by atoms with Gasteiger partial charge in [0.05, 0.1) is 0 Å². The van der Waals surface area contributed by atoms with Gasteiger partial charge in [-0.05, 0) is 17.4 Å². The highest BCUT2D eigenvalue weighted by molar-refractivity contribution is 8.06. The number of thiophene rings is 1. The normalized spacial score (nSPS) is 22.9. The number of hydrogen-bond donors (Lipinski definition) is 1. The molecule has 0 amide bonds. The van der Waals surface area contributed by atoms with Crippen LogP contribution in [0.5, 0.6) is 0 Å². The zero-order valence-corrected chi connectivity index (χ0v) is 13.0. The first kappa shape index (κ1) is 13.8. The number of rotatable bonds is 5. The molecule has 17 heavy (non-hydrogen) atoms. The van der Waals surface area contributed by atoms with Gasteiger partial charge < -0.3 is 5.32 Å². The molecular weight excluding hydrogens is 266 g/mol. The third-order valence-corrected chi connectivity index (χ3v) is 6.77. The van der Waals surface area contributed by atoms with Crippen molar-refractivity contribution in [3.63, 3.8) is 0 Å². The van der Waals surface area contributed by atoms with E-state index in [1.54, 1.807) is 0 Å². The van der Waals surface area contributed by atoms with E-state index in [0.29, 0.717) is 12.0 Å². The fourth-order valence-corrected chi connectivity index (χ4v) is 5.64. The largest absolute Gasteiger partial charge is 0.308 e. The van der Waals surface area contributed by atoms with Crippen molar-refractivity contribution in [1.82, 2.24) is 5.32 Å².